The van der Waals surface area contributed by atoms with Crippen molar-refractivity contribution in [3.63, 3.8) is 0 Å². The zero-order valence-electron chi connectivity index (χ0n) is 35.4. The Labute approximate surface area is 372 Å². The summed E-state index contributed by atoms with van der Waals surface area (Å²) >= 11 is 5.70. The highest BCUT2D eigenvalue weighted by molar-refractivity contribution is 6.33. The third-order valence-corrected chi connectivity index (χ3v) is 12.3. The number of ether oxygens (including phenoxy) is 3. The third-order valence-electron chi connectivity index (χ3n) is 11.9. The minimum atomic E-state index is -0.757. The van der Waals surface area contributed by atoms with E-state index in [-0.39, 0.29) is 41.7 Å². The Morgan fingerprint density at radius 1 is 0.571 bits per heavy atom. The maximum Gasteiger partial charge on any atom is 0.196 e. The number of anilines is 4. The van der Waals surface area contributed by atoms with Crippen LogP contribution in [0.5, 0.6) is 0 Å². The van der Waals surface area contributed by atoms with Gasteiger partial charge >= 0.3 is 0 Å². The van der Waals surface area contributed by atoms with E-state index in [1.807, 2.05) is 18.2 Å². The number of hydrogen-bond acceptors (Lipinski definition) is 14. The van der Waals surface area contributed by atoms with Crippen molar-refractivity contribution in [3.05, 3.63) is 117 Å². The van der Waals surface area contributed by atoms with Crippen LogP contribution >= 0.6 is 11.6 Å². The van der Waals surface area contributed by atoms with Gasteiger partial charge in [0.2, 0.25) is 0 Å². The number of benzene rings is 4. The van der Waals surface area contributed by atoms with Crippen molar-refractivity contribution in [3.8, 4) is 0 Å². The summed E-state index contributed by atoms with van der Waals surface area (Å²) in [5, 5.41) is 23.0. The summed E-state index contributed by atoms with van der Waals surface area (Å²) in [6.07, 6.45) is 1.28. The van der Waals surface area contributed by atoms with Crippen molar-refractivity contribution in [2.24, 2.45) is 0 Å². The van der Waals surface area contributed by atoms with Gasteiger partial charge in [0, 0.05) is 97.4 Å². The number of aliphatic hydroxyl groups excluding tert-OH is 1. The van der Waals surface area contributed by atoms with Crippen molar-refractivity contribution in [1.82, 2.24) is 9.80 Å². The SMILES string of the molecule is O=C1c2ccccc2C(=O)c2c(NC[C@H](O)CCl)ccc(NCCCN3CCOCC3)c21.O=C1c2ccccc2C(=O)c2c(NC[C@H]3CO3)ccc(NCCCN3CCOCC3)c21. The lowest BCUT2D eigenvalue weighted by molar-refractivity contribution is 0.0378. The number of nitrogens with one attached hydrogen (secondary N) is 4. The van der Waals surface area contributed by atoms with Crippen LogP contribution in [0.25, 0.3) is 0 Å². The summed E-state index contributed by atoms with van der Waals surface area (Å²) in [5.74, 6) is -0.510. The van der Waals surface area contributed by atoms with Crippen molar-refractivity contribution in [1.29, 1.82) is 0 Å². The second-order valence-electron chi connectivity index (χ2n) is 16.2. The molecule has 2 atom stereocenters. The normalized spacial score (nSPS) is 18.5. The van der Waals surface area contributed by atoms with Crippen molar-refractivity contribution < 1.29 is 38.5 Å². The third kappa shape index (κ3) is 10.4. The van der Waals surface area contributed by atoms with E-state index in [4.69, 9.17) is 25.8 Å². The average molecular weight is 879 g/mol. The van der Waals surface area contributed by atoms with E-state index in [1.165, 1.54) is 0 Å². The highest BCUT2D eigenvalue weighted by atomic mass is 35.5. The first-order valence-electron chi connectivity index (χ1n) is 21.9. The van der Waals surface area contributed by atoms with Crippen LogP contribution in [0.4, 0.5) is 22.7 Å². The maximum absolute atomic E-state index is 13.4. The number of hydrogen-bond donors (Lipinski definition) is 5. The van der Waals surface area contributed by atoms with Crippen molar-refractivity contribution in [2.45, 2.75) is 25.0 Å². The Balaban J connectivity index is 0.000000173. The number of rotatable bonds is 17. The van der Waals surface area contributed by atoms with Crippen LogP contribution in [0, 0.1) is 0 Å². The molecular weight excluding hydrogens is 824 g/mol. The maximum atomic E-state index is 13.4. The minimum absolute atomic E-state index is 0.0771. The number of epoxide rings is 1. The molecule has 3 aliphatic heterocycles. The van der Waals surface area contributed by atoms with Gasteiger partial charge < -0.3 is 40.6 Å². The highest BCUT2D eigenvalue weighted by Crippen LogP contribution is 2.38. The molecule has 4 aromatic carbocycles. The molecule has 63 heavy (non-hydrogen) atoms. The molecule has 3 saturated heterocycles. The summed E-state index contributed by atoms with van der Waals surface area (Å²) in [7, 11) is 0. The van der Waals surface area contributed by atoms with E-state index in [2.05, 4.69) is 31.1 Å². The van der Waals surface area contributed by atoms with Gasteiger partial charge in [-0.2, -0.15) is 0 Å². The number of ketones is 4. The summed E-state index contributed by atoms with van der Waals surface area (Å²) in [6.45, 7) is 11.8. The van der Waals surface area contributed by atoms with Gasteiger partial charge in [-0.25, -0.2) is 0 Å². The number of aliphatic hydroxyl groups is 1. The molecule has 0 unspecified atom stereocenters. The fourth-order valence-electron chi connectivity index (χ4n) is 8.43. The minimum Gasteiger partial charge on any atom is -0.390 e. The fourth-order valence-corrected chi connectivity index (χ4v) is 8.54. The number of alkyl halides is 1. The predicted molar refractivity (Wildman–Crippen MR) is 244 cm³/mol. The Hall–Kier alpha value is -5.19. The van der Waals surface area contributed by atoms with E-state index >= 15 is 0 Å². The highest BCUT2D eigenvalue weighted by Gasteiger charge is 2.36. The van der Waals surface area contributed by atoms with Gasteiger partial charge in [0.25, 0.3) is 0 Å². The number of carbonyl (C=O) groups is 4. The molecule has 9 rings (SSSR count). The smallest absolute Gasteiger partial charge is 0.196 e. The Morgan fingerprint density at radius 2 is 0.937 bits per heavy atom. The van der Waals surface area contributed by atoms with Crippen LogP contribution in [0.2, 0.25) is 0 Å². The van der Waals surface area contributed by atoms with Crippen LogP contribution < -0.4 is 21.3 Å². The Bertz CT molecular complexity index is 2310. The molecule has 15 heteroatoms. The van der Waals surface area contributed by atoms with Crippen LogP contribution in [0.1, 0.15) is 76.5 Å². The number of carbonyl (C=O) groups excluding carboxylic acids is 4. The van der Waals surface area contributed by atoms with Crippen molar-refractivity contribution in [2.75, 3.05) is 126 Å². The molecule has 4 aromatic rings. The Kier molecular flexibility index (Phi) is 14.8. The zero-order valence-corrected chi connectivity index (χ0v) is 36.1. The topological polar surface area (TPSA) is 174 Å². The molecule has 332 valence electrons. The molecular formula is C48H55ClN6O8. The predicted octanol–water partition coefficient (Wildman–Crippen LogP) is 5.01. The number of nitrogens with zero attached hydrogens (tertiary/aromatic N) is 2. The van der Waals surface area contributed by atoms with Crippen LogP contribution in [0.3, 0.4) is 0 Å². The van der Waals surface area contributed by atoms with Gasteiger partial charge in [-0.1, -0.05) is 48.5 Å². The second kappa shape index (κ2) is 21.0. The molecule has 3 heterocycles. The quantitative estimate of drug-likeness (QED) is 0.0470. The largest absolute Gasteiger partial charge is 0.390 e. The Morgan fingerprint density at radius 3 is 1.30 bits per heavy atom. The molecule has 0 aromatic heterocycles. The molecule has 0 radical (unpaired) electrons. The first kappa shape index (κ1) is 44.4. The van der Waals surface area contributed by atoms with Gasteiger partial charge in [-0.05, 0) is 50.2 Å². The lowest BCUT2D eigenvalue weighted by atomic mass is 9.82. The number of halogens is 1. The molecule has 0 spiro atoms. The molecule has 0 bridgehead atoms. The zero-order chi connectivity index (χ0) is 43.7. The molecule has 2 aliphatic carbocycles. The molecule has 0 saturated carbocycles. The first-order chi connectivity index (χ1) is 30.8. The van der Waals surface area contributed by atoms with E-state index in [0.29, 0.717) is 74.7 Å². The molecule has 5 aliphatic rings. The van der Waals surface area contributed by atoms with Crippen LogP contribution in [-0.4, -0.2) is 155 Å². The number of fused-ring (bicyclic) bond motifs is 4. The van der Waals surface area contributed by atoms with Gasteiger partial charge in [0.1, 0.15) is 0 Å². The summed E-state index contributed by atoms with van der Waals surface area (Å²) < 4.78 is 16.1. The van der Waals surface area contributed by atoms with E-state index in [9.17, 15) is 24.3 Å². The van der Waals surface area contributed by atoms with Crippen LogP contribution in [-0.2, 0) is 14.2 Å². The summed E-state index contributed by atoms with van der Waals surface area (Å²) in [4.78, 5) is 58.2. The van der Waals surface area contributed by atoms with E-state index in [1.54, 1.807) is 54.6 Å². The van der Waals surface area contributed by atoms with Gasteiger partial charge in [-0.3, -0.25) is 29.0 Å². The average Bonchev–Trinajstić information content (AvgIpc) is 4.17. The molecule has 3 fully saturated rings. The number of morpholine rings is 2. The molecule has 0 amide bonds. The summed E-state index contributed by atoms with van der Waals surface area (Å²) in [6, 6.07) is 21.4. The van der Waals surface area contributed by atoms with Gasteiger partial charge in [0.15, 0.2) is 23.1 Å². The van der Waals surface area contributed by atoms with Gasteiger partial charge in [-0.15, -0.1) is 11.6 Å². The molecule has 14 nitrogen and oxygen atoms in total. The monoisotopic (exact) mass is 878 g/mol. The fraction of sp³-hybridized carbons (Fsp3) is 0.417. The summed E-state index contributed by atoms with van der Waals surface area (Å²) in [5.41, 5.74) is 5.99. The van der Waals surface area contributed by atoms with E-state index in [0.717, 1.165) is 97.4 Å². The van der Waals surface area contributed by atoms with Crippen molar-refractivity contribution >= 4 is 57.5 Å². The lowest BCUT2D eigenvalue weighted by Gasteiger charge is -2.27. The first-order valence-corrected chi connectivity index (χ1v) is 22.5. The second-order valence-corrected chi connectivity index (χ2v) is 16.5. The lowest BCUT2D eigenvalue weighted by Crippen LogP contribution is -2.37. The van der Waals surface area contributed by atoms with Crippen LogP contribution in [0.15, 0.2) is 72.8 Å². The standard InChI is InChI=1S/C24H28ClN3O4.C24H27N3O4/c25-14-16(29)15-27-20-7-6-19(26-8-3-9-28-10-12-32-13-11-28)21-22(20)24(31)18-5-2-1-4-17(18)23(21)30;28-23-17-4-1-2-5-18(17)24(29)22-20(26-14-16-15-31-16)7-6-19(21(22)23)25-8-3-9-27-10-12-30-13-11-27/h1-2,4-7,16,26-27,29H,3,8-15H2;1-2,4-7,16,25-26H,3,8-15H2/t2*16-/m10/s1. The van der Waals surface area contributed by atoms with Gasteiger partial charge in [0.05, 0.1) is 73.4 Å². The molecule has 5 N–H and O–H groups in total. The van der Waals surface area contributed by atoms with E-state index < -0.39 is 6.10 Å².